The third-order valence-corrected chi connectivity index (χ3v) is 4.43. The molecule has 0 bridgehead atoms. The highest BCUT2D eigenvalue weighted by molar-refractivity contribution is 9.10. The topological polar surface area (TPSA) is 55.8 Å². The predicted octanol–water partition coefficient (Wildman–Crippen LogP) is 3.27. The Morgan fingerprint density at radius 1 is 1.42 bits per heavy atom. The molecule has 1 fully saturated rings. The lowest BCUT2D eigenvalue weighted by Gasteiger charge is -2.30. The fourth-order valence-corrected chi connectivity index (χ4v) is 3.06. The number of halogens is 1. The first-order valence-electron chi connectivity index (χ1n) is 7.95. The van der Waals surface area contributed by atoms with Crippen molar-refractivity contribution < 1.29 is 19.1 Å². The molecule has 2 rings (SSSR count). The van der Waals surface area contributed by atoms with Gasteiger partial charge in [0.05, 0.1) is 7.11 Å². The van der Waals surface area contributed by atoms with Gasteiger partial charge in [-0.15, -0.1) is 0 Å². The zero-order valence-electron chi connectivity index (χ0n) is 14.0. The van der Waals surface area contributed by atoms with Gasteiger partial charge in [0.15, 0.2) is 6.61 Å². The minimum atomic E-state index is -0.546. The number of esters is 1. The summed E-state index contributed by atoms with van der Waals surface area (Å²) in [6.07, 6.45) is 5.06. The summed E-state index contributed by atoms with van der Waals surface area (Å²) < 4.78 is 11.2. The van der Waals surface area contributed by atoms with Crippen LogP contribution in [0.1, 0.15) is 25.3 Å². The molecule has 1 aliphatic heterocycles. The number of nitrogens with zero attached hydrogens (tertiary/aromatic N) is 1. The van der Waals surface area contributed by atoms with Crippen LogP contribution in [-0.4, -0.2) is 43.6 Å². The third-order valence-electron chi connectivity index (χ3n) is 3.94. The Morgan fingerprint density at radius 3 is 2.92 bits per heavy atom. The average Bonchev–Trinajstić information content (AvgIpc) is 2.58. The van der Waals surface area contributed by atoms with E-state index in [9.17, 15) is 9.59 Å². The molecule has 0 radical (unpaired) electrons. The van der Waals surface area contributed by atoms with E-state index in [2.05, 4.69) is 22.9 Å². The van der Waals surface area contributed by atoms with Crippen molar-refractivity contribution in [2.24, 2.45) is 5.92 Å². The molecule has 1 atom stereocenters. The van der Waals surface area contributed by atoms with Gasteiger partial charge in [-0.3, -0.25) is 4.79 Å². The van der Waals surface area contributed by atoms with E-state index in [1.54, 1.807) is 24.2 Å². The normalized spacial score (nSPS) is 17.8. The first-order valence-corrected chi connectivity index (χ1v) is 8.75. The molecular weight excluding hydrogens is 374 g/mol. The maximum Gasteiger partial charge on any atom is 0.331 e. The van der Waals surface area contributed by atoms with E-state index in [1.165, 1.54) is 6.08 Å². The Kier molecular flexibility index (Phi) is 6.85. The molecule has 1 saturated heterocycles. The fourth-order valence-electron chi connectivity index (χ4n) is 2.68. The molecule has 0 aromatic heterocycles. The van der Waals surface area contributed by atoms with Gasteiger partial charge in [0.2, 0.25) is 0 Å². The van der Waals surface area contributed by atoms with Gasteiger partial charge in [-0.25, -0.2) is 4.79 Å². The minimum absolute atomic E-state index is 0.136. The second-order valence-corrected chi connectivity index (χ2v) is 6.83. The smallest absolute Gasteiger partial charge is 0.331 e. The average molecular weight is 396 g/mol. The fraction of sp³-hybridized carbons (Fsp3) is 0.444. The maximum absolute atomic E-state index is 12.1. The number of rotatable bonds is 5. The van der Waals surface area contributed by atoms with Crippen LogP contribution in [-0.2, 0) is 14.3 Å². The van der Waals surface area contributed by atoms with E-state index >= 15 is 0 Å². The summed E-state index contributed by atoms with van der Waals surface area (Å²) in [6, 6.07) is 5.49. The van der Waals surface area contributed by atoms with Crippen molar-refractivity contribution in [1.82, 2.24) is 4.90 Å². The van der Waals surface area contributed by atoms with Crippen LogP contribution in [0.25, 0.3) is 6.08 Å². The molecule has 1 aromatic rings. The zero-order chi connectivity index (χ0) is 17.5. The van der Waals surface area contributed by atoms with E-state index < -0.39 is 5.97 Å². The SMILES string of the molecule is COc1ccc(Br)cc1/C=C/C(=O)OCC(=O)N1CCC[C@@H](C)C1. The van der Waals surface area contributed by atoms with Crippen LogP contribution < -0.4 is 4.74 Å². The largest absolute Gasteiger partial charge is 0.496 e. The number of likely N-dealkylation sites (tertiary alicyclic amines) is 1. The summed E-state index contributed by atoms with van der Waals surface area (Å²) in [4.78, 5) is 25.7. The predicted molar refractivity (Wildman–Crippen MR) is 95.7 cm³/mol. The second-order valence-electron chi connectivity index (χ2n) is 5.91. The highest BCUT2D eigenvalue weighted by atomic mass is 79.9. The Balaban J connectivity index is 1.87. The standard InChI is InChI=1S/C18H22BrNO4/c1-13-4-3-9-20(11-13)17(21)12-24-18(22)8-5-14-10-15(19)6-7-16(14)23-2/h5-8,10,13H,3-4,9,11-12H2,1-2H3/b8-5+/t13-/m1/s1. The van der Waals surface area contributed by atoms with Gasteiger partial charge in [0.1, 0.15) is 5.75 Å². The van der Waals surface area contributed by atoms with E-state index in [4.69, 9.17) is 9.47 Å². The van der Waals surface area contributed by atoms with Crippen LogP contribution in [0.4, 0.5) is 0 Å². The Bertz CT molecular complexity index is 629. The van der Waals surface area contributed by atoms with Gasteiger partial charge >= 0.3 is 5.97 Å². The van der Waals surface area contributed by atoms with E-state index in [1.807, 2.05) is 12.1 Å². The second kappa shape index (κ2) is 8.87. The summed E-state index contributed by atoms with van der Waals surface area (Å²) in [5.74, 6) is 0.474. The van der Waals surface area contributed by atoms with E-state index in [0.29, 0.717) is 11.7 Å². The molecule has 5 nitrogen and oxygen atoms in total. The highest BCUT2D eigenvalue weighted by Crippen LogP contribution is 2.24. The molecular formula is C18H22BrNO4. The van der Waals surface area contributed by atoms with Crippen LogP contribution >= 0.6 is 15.9 Å². The van der Waals surface area contributed by atoms with E-state index in [0.717, 1.165) is 36.0 Å². The third kappa shape index (κ3) is 5.37. The van der Waals surface area contributed by atoms with Crippen LogP contribution in [0.15, 0.2) is 28.7 Å². The monoisotopic (exact) mass is 395 g/mol. The molecule has 6 heteroatoms. The van der Waals surface area contributed by atoms with Gasteiger partial charge < -0.3 is 14.4 Å². The van der Waals surface area contributed by atoms with Gasteiger partial charge in [-0.2, -0.15) is 0 Å². The maximum atomic E-state index is 12.1. The number of methoxy groups -OCH3 is 1. The number of benzene rings is 1. The summed E-state index contributed by atoms with van der Waals surface area (Å²) in [6.45, 7) is 3.39. The van der Waals surface area contributed by atoms with Crippen molar-refractivity contribution in [2.75, 3.05) is 26.8 Å². The Morgan fingerprint density at radius 2 is 2.21 bits per heavy atom. The van der Waals surface area contributed by atoms with Gasteiger partial charge in [0.25, 0.3) is 5.91 Å². The number of ether oxygens (including phenoxy) is 2. The molecule has 1 aromatic carbocycles. The number of carbonyl (C=O) groups is 2. The van der Waals surface area contributed by atoms with Crippen molar-refractivity contribution in [3.8, 4) is 5.75 Å². The van der Waals surface area contributed by atoms with Gasteiger partial charge in [-0.1, -0.05) is 22.9 Å². The first kappa shape index (κ1) is 18.5. The summed E-state index contributed by atoms with van der Waals surface area (Å²) >= 11 is 3.38. The van der Waals surface area contributed by atoms with Gasteiger partial charge in [0, 0.05) is 29.2 Å². The molecule has 1 amide bonds. The number of hydrogen-bond acceptors (Lipinski definition) is 4. The van der Waals surface area contributed by atoms with Crippen molar-refractivity contribution in [1.29, 1.82) is 0 Å². The molecule has 0 spiro atoms. The molecule has 0 aliphatic carbocycles. The molecule has 130 valence electrons. The van der Waals surface area contributed by atoms with Crippen molar-refractivity contribution in [2.45, 2.75) is 19.8 Å². The van der Waals surface area contributed by atoms with E-state index in [-0.39, 0.29) is 12.5 Å². The lowest BCUT2D eigenvalue weighted by Crippen LogP contribution is -2.41. The number of carbonyl (C=O) groups excluding carboxylic acids is 2. The van der Waals surface area contributed by atoms with Crippen molar-refractivity contribution in [3.63, 3.8) is 0 Å². The quantitative estimate of drug-likeness (QED) is 0.566. The van der Waals surface area contributed by atoms with Crippen molar-refractivity contribution >= 4 is 33.9 Å². The molecule has 0 N–H and O–H groups in total. The first-order chi connectivity index (χ1) is 11.5. The molecule has 1 aliphatic rings. The Hall–Kier alpha value is -1.82. The number of amides is 1. The van der Waals surface area contributed by atoms with Crippen molar-refractivity contribution in [3.05, 3.63) is 34.3 Å². The molecule has 0 unspecified atom stereocenters. The summed E-state index contributed by atoms with van der Waals surface area (Å²) in [5.41, 5.74) is 0.750. The van der Waals surface area contributed by atoms with Crippen LogP contribution in [0.2, 0.25) is 0 Å². The highest BCUT2D eigenvalue weighted by Gasteiger charge is 2.21. The summed E-state index contributed by atoms with van der Waals surface area (Å²) in [7, 11) is 1.57. The molecule has 24 heavy (non-hydrogen) atoms. The Labute approximate surface area is 150 Å². The molecule has 1 heterocycles. The zero-order valence-corrected chi connectivity index (χ0v) is 15.5. The summed E-state index contributed by atoms with van der Waals surface area (Å²) in [5, 5.41) is 0. The minimum Gasteiger partial charge on any atom is -0.496 e. The van der Waals surface area contributed by atoms with Crippen LogP contribution in [0, 0.1) is 5.92 Å². The van der Waals surface area contributed by atoms with Crippen LogP contribution in [0.5, 0.6) is 5.75 Å². The van der Waals surface area contributed by atoms with Gasteiger partial charge in [-0.05, 0) is 43.0 Å². The number of piperidine rings is 1. The number of hydrogen-bond donors (Lipinski definition) is 0. The lowest BCUT2D eigenvalue weighted by molar-refractivity contribution is -0.149. The van der Waals surface area contributed by atoms with Crippen LogP contribution in [0.3, 0.4) is 0 Å². The lowest BCUT2D eigenvalue weighted by atomic mass is 10.0. The molecule has 0 saturated carbocycles.